The van der Waals surface area contributed by atoms with E-state index >= 15 is 0 Å². The smallest absolute Gasteiger partial charge is 0.241 e. The van der Waals surface area contributed by atoms with E-state index in [0.29, 0.717) is 29.2 Å². The summed E-state index contributed by atoms with van der Waals surface area (Å²) in [6.45, 7) is 5.29. The Bertz CT molecular complexity index is 1420. The standard InChI is InChI=1S/C26H28N4O3S/c1-18-13-14-20(15-23(18)34(32,33)30-26(2,3)17-31)24-21-11-7-8-12-22(21)25(29-28-24)27-16-19-9-5-4-6-10-19/h4-15,30-31H,16-17H2,1-3H3,(H,27,29). The van der Waals surface area contributed by atoms with Gasteiger partial charge in [-0.15, -0.1) is 10.2 Å². The molecule has 1 heterocycles. The number of hydrogen-bond acceptors (Lipinski definition) is 6. The highest BCUT2D eigenvalue weighted by Crippen LogP contribution is 2.32. The summed E-state index contributed by atoms with van der Waals surface area (Å²) in [6.07, 6.45) is 0. The second-order valence-corrected chi connectivity index (χ2v) is 10.6. The molecular weight excluding hydrogens is 448 g/mol. The van der Waals surface area contributed by atoms with Crippen LogP contribution in [0.5, 0.6) is 0 Å². The summed E-state index contributed by atoms with van der Waals surface area (Å²) in [4.78, 5) is 0.142. The van der Waals surface area contributed by atoms with Gasteiger partial charge in [-0.1, -0.05) is 66.7 Å². The van der Waals surface area contributed by atoms with Crippen molar-refractivity contribution < 1.29 is 13.5 Å². The third-order valence-electron chi connectivity index (χ3n) is 5.55. The van der Waals surface area contributed by atoms with Gasteiger partial charge >= 0.3 is 0 Å². The lowest BCUT2D eigenvalue weighted by Crippen LogP contribution is -2.46. The molecule has 0 aliphatic rings. The Balaban J connectivity index is 1.74. The van der Waals surface area contributed by atoms with Gasteiger partial charge in [0.15, 0.2) is 5.82 Å². The topological polar surface area (TPSA) is 104 Å². The Morgan fingerprint density at radius 2 is 1.59 bits per heavy atom. The number of nitrogens with zero attached hydrogens (tertiary/aromatic N) is 2. The first-order valence-corrected chi connectivity index (χ1v) is 12.5. The molecule has 0 bridgehead atoms. The van der Waals surface area contributed by atoms with Crippen LogP contribution in [0.2, 0.25) is 0 Å². The van der Waals surface area contributed by atoms with E-state index in [4.69, 9.17) is 0 Å². The molecular formula is C26H28N4O3S. The number of aromatic nitrogens is 2. The molecule has 3 aromatic carbocycles. The highest BCUT2D eigenvalue weighted by molar-refractivity contribution is 7.89. The SMILES string of the molecule is Cc1ccc(-c2nnc(NCc3ccccc3)c3ccccc23)cc1S(=O)(=O)NC(C)(C)CO. The molecule has 0 spiro atoms. The zero-order valence-corrected chi connectivity index (χ0v) is 20.2. The maximum absolute atomic E-state index is 13.1. The molecule has 176 valence electrons. The molecule has 0 aliphatic carbocycles. The fourth-order valence-electron chi connectivity index (χ4n) is 3.72. The molecule has 0 fully saturated rings. The monoisotopic (exact) mass is 476 g/mol. The number of benzene rings is 3. The van der Waals surface area contributed by atoms with E-state index < -0.39 is 15.6 Å². The number of aryl methyl sites for hydroxylation is 1. The first-order chi connectivity index (χ1) is 16.2. The van der Waals surface area contributed by atoms with Gasteiger partial charge in [0.1, 0.15) is 5.69 Å². The summed E-state index contributed by atoms with van der Waals surface area (Å²) in [6, 6.07) is 23.0. The van der Waals surface area contributed by atoms with Crippen molar-refractivity contribution in [3.63, 3.8) is 0 Å². The van der Waals surface area contributed by atoms with Gasteiger partial charge in [-0.3, -0.25) is 0 Å². The van der Waals surface area contributed by atoms with Crippen molar-refractivity contribution in [2.45, 2.75) is 37.8 Å². The number of sulfonamides is 1. The summed E-state index contributed by atoms with van der Waals surface area (Å²) in [5.74, 6) is 0.662. The van der Waals surface area contributed by atoms with Crippen LogP contribution in [0.3, 0.4) is 0 Å². The van der Waals surface area contributed by atoms with Gasteiger partial charge in [-0.05, 0) is 38.0 Å². The van der Waals surface area contributed by atoms with Gasteiger partial charge in [0.2, 0.25) is 10.0 Å². The number of nitrogens with one attached hydrogen (secondary N) is 2. The maximum atomic E-state index is 13.1. The van der Waals surface area contributed by atoms with Gasteiger partial charge < -0.3 is 10.4 Å². The summed E-state index contributed by atoms with van der Waals surface area (Å²) in [7, 11) is -3.86. The molecule has 1 aromatic heterocycles. The van der Waals surface area contributed by atoms with Crippen LogP contribution in [-0.2, 0) is 16.6 Å². The second-order valence-electron chi connectivity index (χ2n) is 8.91. The first-order valence-electron chi connectivity index (χ1n) is 11.0. The summed E-state index contributed by atoms with van der Waals surface area (Å²) in [5.41, 5.74) is 1.98. The van der Waals surface area contributed by atoms with Crippen LogP contribution in [0.15, 0.2) is 77.7 Å². The normalized spacial score (nSPS) is 12.1. The average Bonchev–Trinajstić information content (AvgIpc) is 2.83. The van der Waals surface area contributed by atoms with Gasteiger partial charge in [0, 0.05) is 22.9 Å². The molecule has 0 saturated heterocycles. The van der Waals surface area contributed by atoms with Gasteiger partial charge in [0.25, 0.3) is 0 Å². The Morgan fingerprint density at radius 3 is 2.29 bits per heavy atom. The molecule has 34 heavy (non-hydrogen) atoms. The zero-order chi connectivity index (χ0) is 24.3. The van der Waals surface area contributed by atoms with Crippen molar-refractivity contribution in [1.29, 1.82) is 0 Å². The van der Waals surface area contributed by atoms with E-state index in [-0.39, 0.29) is 11.5 Å². The molecule has 3 N–H and O–H groups in total. The molecule has 0 unspecified atom stereocenters. The summed E-state index contributed by atoms with van der Waals surface area (Å²) in [5, 5.41) is 23.5. The number of aliphatic hydroxyl groups excluding tert-OH is 1. The quantitative estimate of drug-likeness (QED) is 0.351. The van der Waals surface area contributed by atoms with Crippen molar-refractivity contribution in [3.05, 3.63) is 83.9 Å². The predicted octanol–water partition coefficient (Wildman–Crippen LogP) is 4.27. The number of fused-ring (bicyclic) bond motifs is 1. The lowest BCUT2D eigenvalue weighted by molar-refractivity contribution is 0.208. The van der Waals surface area contributed by atoms with Crippen LogP contribution < -0.4 is 10.0 Å². The van der Waals surface area contributed by atoms with Crippen LogP contribution in [-0.4, -0.2) is 35.9 Å². The van der Waals surface area contributed by atoms with Gasteiger partial charge in [-0.2, -0.15) is 0 Å². The van der Waals surface area contributed by atoms with Crippen LogP contribution in [0.4, 0.5) is 5.82 Å². The van der Waals surface area contributed by atoms with E-state index in [0.717, 1.165) is 16.3 Å². The highest BCUT2D eigenvalue weighted by atomic mass is 32.2. The van der Waals surface area contributed by atoms with Crippen molar-refractivity contribution in [3.8, 4) is 11.3 Å². The number of hydrogen-bond donors (Lipinski definition) is 3. The maximum Gasteiger partial charge on any atom is 0.241 e. The van der Waals surface area contributed by atoms with Crippen LogP contribution >= 0.6 is 0 Å². The lowest BCUT2D eigenvalue weighted by atomic mass is 10.0. The third-order valence-corrected chi connectivity index (χ3v) is 7.39. The minimum Gasteiger partial charge on any atom is -0.394 e. The minimum atomic E-state index is -3.86. The minimum absolute atomic E-state index is 0.142. The molecule has 8 heteroatoms. The molecule has 4 rings (SSSR count). The molecule has 0 saturated carbocycles. The van der Waals surface area contributed by atoms with Crippen LogP contribution in [0.25, 0.3) is 22.0 Å². The predicted molar refractivity (Wildman–Crippen MR) is 135 cm³/mol. The average molecular weight is 477 g/mol. The second kappa shape index (κ2) is 9.50. The van der Waals surface area contributed by atoms with E-state index in [1.807, 2.05) is 60.7 Å². The number of aliphatic hydroxyl groups is 1. The van der Waals surface area contributed by atoms with Crippen molar-refractivity contribution >= 4 is 26.6 Å². The molecule has 4 aromatic rings. The molecule has 7 nitrogen and oxygen atoms in total. The van der Waals surface area contributed by atoms with Crippen molar-refractivity contribution in [2.75, 3.05) is 11.9 Å². The summed E-state index contributed by atoms with van der Waals surface area (Å²) >= 11 is 0. The molecule has 0 amide bonds. The molecule has 0 atom stereocenters. The van der Waals surface area contributed by atoms with Crippen molar-refractivity contribution in [1.82, 2.24) is 14.9 Å². The fourth-order valence-corrected chi connectivity index (χ4v) is 5.39. The fraction of sp³-hybridized carbons (Fsp3) is 0.231. The Labute approximate surface area is 199 Å². The summed E-state index contributed by atoms with van der Waals surface area (Å²) < 4.78 is 28.7. The Hall–Kier alpha value is -3.33. The van der Waals surface area contributed by atoms with E-state index in [9.17, 15) is 13.5 Å². The van der Waals surface area contributed by atoms with Gasteiger partial charge in [-0.25, -0.2) is 13.1 Å². The molecule has 0 radical (unpaired) electrons. The number of anilines is 1. The van der Waals surface area contributed by atoms with E-state index in [1.165, 1.54) is 0 Å². The Morgan fingerprint density at radius 1 is 0.912 bits per heavy atom. The van der Waals surface area contributed by atoms with E-state index in [1.54, 1.807) is 32.9 Å². The zero-order valence-electron chi connectivity index (χ0n) is 19.4. The highest BCUT2D eigenvalue weighted by Gasteiger charge is 2.27. The lowest BCUT2D eigenvalue weighted by Gasteiger charge is -2.24. The largest absolute Gasteiger partial charge is 0.394 e. The van der Waals surface area contributed by atoms with Gasteiger partial charge in [0.05, 0.1) is 17.0 Å². The molecule has 0 aliphatic heterocycles. The van der Waals surface area contributed by atoms with Crippen LogP contribution in [0.1, 0.15) is 25.0 Å². The Kier molecular flexibility index (Phi) is 6.65. The third kappa shape index (κ3) is 5.09. The first kappa shape index (κ1) is 23.8. The van der Waals surface area contributed by atoms with Crippen molar-refractivity contribution in [2.24, 2.45) is 0 Å². The van der Waals surface area contributed by atoms with Crippen LogP contribution in [0, 0.1) is 6.92 Å². The number of rotatable bonds is 8. The van der Waals surface area contributed by atoms with E-state index in [2.05, 4.69) is 20.2 Å².